The van der Waals surface area contributed by atoms with Crippen molar-refractivity contribution in [3.8, 4) is 28.0 Å². The fourth-order valence-corrected chi connectivity index (χ4v) is 4.35. The number of aliphatic hydroxyl groups is 1. The van der Waals surface area contributed by atoms with Crippen molar-refractivity contribution in [1.82, 2.24) is 0 Å². The first kappa shape index (κ1) is 32.9. The Labute approximate surface area is 249 Å². The first-order valence-corrected chi connectivity index (χ1v) is 13.4. The molecular weight excluding hydrogens is 558 g/mol. The molecule has 0 bridgehead atoms. The van der Waals surface area contributed by atoms with Crippen molar-refractivity contribution >= 4 is 11.9 Å². The summed E-state index contributed by atoms with van der Waals surface area (Å²) in [4.78, 5) is 23.2. The summed E-state index contributed by atoms with van der Waals surface area (Å²) in [5, 5.41) is 9.47. The molecular formula is C34H34F2O7. The van der Waals surface area contributed by atoms with E-state index >= 15 is 0 Å². The van der Waals surface area contributed by atoms with Crippen LogP contribution in [0.3, 0.4) is 0 Å². The van der Waals surface area contributed by atoms with Gasteiger partial charge in [0.2, 0.25) is 0 Å². The Morgan fingerprint density at radius 3 is 1.77 bits per heavy atom. The van der Waals surface area contributed by atoms with Gasteiger partial charge in [0.05, 0.1) is 45.7 Å². The zero-order valence-electron chi connectivity index (χ0n) is 24.7. The summed E-state index contributed by atoms with van der Waals surface area (Å²) < 4.78 is 48.0. The molecule has 0 fully saturated rings. The lowest BCUT2D eigenvalue weighted by Crippen LogP contribution is -2.04. The van der Waals surface area contributed by atoms with Gasteiger partial charge in [-0.1, -0.05) is 23.8 Å². The Morgan fingerprint density at radius 2 is 1.23 bits per heavy atom. The lowest BCUT2D eigenvalue weighted by atomic mass is 9.96. The van der Waals surface area contributed by atoms with Gasteiger partial charge in [0.1, 0.15) is 17.4 Å². The second kappa shape index (κ2) is 15.6. The molecule has 0 saturated carbocycles. The summed E-state index contributed by atoms with van der Waals surface area (Å²) in [6.45, 7) is 4.32. The maximum atomic E-state index is 14.2. The van der Waals surface area contributed by atoms with Gasteiger partial charge in [-0.05, 0) is 90.7 Å². The summed E-state index contributed by atoms with van der Waals surface area (Å²) in [6, 6.07) is 19.0. The average Bonchev–Trinajstić information content (AvgIpc) is 3.04. The topological polar surface area (TPSA) is 91.3 Å². The lowest BCUT2D eigenvalue weighted by Gasteiger charge is -2.13. The number of hydrogen-bond acceptors (Lipinski definition) is 7. The molecule has 0 radical (unpaired) electrons. The van der Waals surface area contributed by atoms with Gasteiger partial charge in [-0.3, -0.25) is 0 Å². The van der Waals surface area contributed by atoms with Gasteiger partial charge in [0.15, 0.2) is 0 Å². The Balaban J connectivity index is 0.000000236. The Morgan fingerprint density at radius 1 is 0.698 bits per heavy atom. The number of carbonyl (C=O) groups is 2. The molecule has 0 aliphatic carbocycles. The van der Waals surface area contributed by atoms with Crippen molar-refractivity contribution < 1.29 is 42.4 Å². The molecule has 0 amide bonds. The third kappa shape index (κ3) is 8.24. The maximum Gasteiger partial charge on any atom is 0.337 e. The van der Waals surface area contributed by atoms with Gasteiger partial charge < -0.3 is 24.1 Å². The average molecular weight is 593 g/mol. The molecule has 0 atom stereocenters. The molecule has 4 aromatic carbocycles. The SMILES string of the molecule is CCOCc1cc(C(=O)OC)ccc1-c1cc(C)ccc1F.COC(=O)c1ccc(-c2cc(OC)ccc2F)c(CO)c1. The highest BCUT2D eigenvalue weighted by molar-refractivity contribution is 5.91. The third-order valence-electron chi connectivity index (χ3n) is 6.56. The van der Waals surface area contributed by atoms with Gasteiger partial charge in [0, 0.05) is 17.7 Å². The van der Waals surface area contributed by atoms with Crippen molar-refractivity contribution in [2.75, 3.05) is 27.9 Å². The number of hydrogen-bond donors (Lipinski definition) is 1. The molecule has 0 aliphatic rings. The Kier molecular flexibility index (Phi) is 11.9. The van der Waals surface area contributed by atoms with Crippen molar-refractivity contribution in [2.24, 2.45) is 0 Å². The second-order valence-electron chi connectivity index (χ2n) is 9.35. The first-order valence-electron chi connectivity index (χ1n) is 13.4. The van der Waals surface area contributed by atoms with Gasteiger partial charge in [0.25, 0.3) is 0 Å². The number of benzene rings is 4. The summed E-state index contributed by atoms with van der Waals surface area (Å²) in [5.74, 6) is -1.16. The standard InChI is InChI=1S/C18H19FO3.C16H15FO4/c1-4-22-11-14-10-13(18(20)21-3)6-7-15(14)16-9-12(2)5-8-17(16)19;1-20-12-4-6-15(17)14(8-12)13-5-3-10(16(19)21-2)7-11(13)9-18/h5-10H,4,11H2,1-3H3;3-8,18H,9H2,1-2H3. The highest BCUT2D eigenvalue weighted by Gasteiger charge is 2.16. The molecule has 4 aromatic rings. The molecule has 0 aromatic heterocycles. The molecule has 0 unspecified atom stereocenters. The van der Waals surface area contributed by atoms with E-state index in [2.05, 4.69) is 4.74 Å². The number of aliphatic hydroxyl groups excluding tert-OH is 1. The molecule has 0 aliphatic heterocycles. The summed E-state index contributed by atoms with van der Waals surface area (Å²) in [5.41, 5.74) is 4.92. The van der Waals surface area contributed by atoms with Crippen LogP contribution in [0.5, 0.6) is 5.75 Å². The van der Waals surface area contributed by atoms with Crippen LogP contribution >= 0.6 is 0 Å². The fourth-order valence-electron chi connectivity index (χ4n) is 4.35. The van der Waals surface area contributed by atoms with E-state index in [0.717, 1.165) is 16.7 Å². The molecule has 1 N–H and O–H groups in total. The van der Waals surface area contributed by atoms with Crippen LogP contribution < -0.4 is 4.74 Å². The first-order chi connectivity index (χ1) is 20.7. The van der Waals surface area contributed by atoms with Crippen molar-refractivity contribution in [3.05, 3.63) is 112 Å². The van der Waals surface area contributed by atoms with Crippen LogP contribution in [-0.2, 0) is 27.4 Å². The molecule has 9 heteroatoms. The Bertz CT molecular complexity index is 1580. The number of aryl methyl sites for hydroxylation is 1. The van der Waals surface area contributed by atoms with E-state index in [4.69, 9.17) is 14.2 Å². The predicted molar refractivity (Wildman–Crippen MR) is 159 cm³/mol. The van der Waals surface area contributed by atoms with Gasteiger partial charge >= 0.3 is 11.9 Å². The Hall–Kier alpha value is -4.60. The van der Waals surface area contributed by atoms with E-state index in [-0.39, 0.29) is 12.4 Å². The van der Waals surface area contributed by atoms with Gasteiger partial charge in [-0.25, -0.2) is 18.4 Å². The molecule has 4 rings (SSSR count). The molecule has 0 saturated heterocycles. The molecule has 7 nitrogen and oxygen atoms in total. The number of methoxy groups -OCH3 is 3. The van der Waals surface area contributed by atoms with Crippen LogP contribution in [0.1, 0.15) is 44.3 Å². The van der Waals surface area contributed by atoms with E-state index < -0.39 is 17.8 Å². The smallest absolute Gasteiger partial charge is 0.337 e. The van der Waals surface area contributed by atoms with Gasteiger partial charge in [-0.15, -0.1) is 0 Å². The van der Waals surface area contributed by atoms with E-state index in [0.29, 0.717) is 52.3 Å². The summed E-state index contributed by atoms with van der Waals surface area (Å²) in [7, 11) is 4.10. The summed E-state index contributed by atoms with van der Waals surface area (Å²) in [6.07, 6.45) is 0. The van der Waals surface area contributed by atoms with Crippen LogP contribution in [0.4, 0.5) is 8.78 Å². The number of halogens is 2. The van der Waals surface area contributed by atoms with Crippen LogP contribution in [0.25, 0.3) is 22.3 Å². The minimum Gasteiger partial charge on any atom is -0.497 e. The van der Waals surface area contributed by atoms with Crippen molar-refractivity contribution in [1.29, 1.82) is 0 Å². The minimum atomic E-state index is -0.512. The van der Waals surface area contributed by atoms with Crippen molar-refractivity contribution in [2.45, 2.75) is 27.1 Å². The van der Waals surface area contributed by atoms with E-state index in [9.17, 15) is 23.5 Å². The molecule has 43 heavy (non-hydrogen) atoms. The highest BCUT2D eigenvalue weighted by atomic mass is 19.1. The zero-order chi connectivity index (χ0) is 31.5. The molecule has 0 spiro atoms. The number of rotatable bonds is 9. The quantitative estimate of drug-likeness (QED) is 0.211. The van der Waals surface area contributed by atoms with E-state index in [1.165, 1.54) is 51.7 Å². The number of ether oxygens (including phenoxy) is 4. The monoisotopic (exact) mass is 592 g/mol. The molecule has 0 heterocycles. The highest BCUT2D eigenvalue weighted by Crippen LogP contribution is 2.31. The fraction of sp³-hybridized carbons (Fsp3) is 0.235. The third-order valence-corrected chi connectivity index (χ3v) is 6.56. The lowest BCUT2D eigenvalue weighted by molar-refractivity contribution is 0.0591. The second-order valence-corrected chi connectivity index (χ2v) is 9.35. The number of carbonyl (C=O) groups excluding carboxylic acids is 2. The number of esters is 2. The zero-order valence-corrected chi connectivity index (χ0v) is 24.7. The largest absolute Gasteiger partial charge is 0.497 e. The van der Waals surface area contributed by atoms with Crippen molar-refractivity contribution in [3.63, 3.8) is 0 Å². The van der Waals surface area contributed by atoms with Crippen LogP contribution in [-0.4, -0.2) is 45.0 Å². The molecule has 226 valence electrons. The predicted octanol–water partition coefficient (Wildman–Crippen LogP) is 6.90. The van der Waals surface area contributed by atoms with Crippen LogP contribution in [0, 0.1) is 18.6 Å². The van der Waals surface area contributed by atoms with Gasteiger partial charge in [-0.2, -0.15) is 0 Å². The maximum absolute atomic E-state index is 14.2. The summed E-state index contributed by atoms with van der Waals surface area (Å²) >= 11 is 0. The normalized spacial score (nSPS) is 10.4. The van der Waals surface area contributed by atoms with E-state index in [1.807, 2.05) is 13.8 Å². The van der Waals surface area contributed by atoms with Crippen LogP contribution in [0.2, 0.25) is 0 Å². The van der Waals surface area contributed by atoms with Crippen LogP contribution in [0.15, 0.2) is 72.8 Å². The van der Waals surface area contributed by atoms with E-state index in [1.54, 1.807) is 42.5 Å². The minimum absolute atomic E-state index is 0.297.